The first-order valence-corrected chi connectivity index (χ1v) is 8.41. The van der Waals surface area contributed by atoms with Crippen molar-refractivity contribution >= 4 is 16.9 Å². The first-order chi connectivity index (χ1) is 12.2. The summed E-state index contributed by atoms with van der Waals surface area (Å²) >= 11 is 0. The number of nitriles is 1. The van der Waals surface area contributed by atoms with Gasteiger partial charge in [0.05, 0.1) is 28.8 Å². The lowest BCUT2D eigenvalue weighted by molar-refractivity contribution is 0.0692. The summed E-state index contributed by atoms with van der Waals surface area (Å²) in [4.78, 5) is 21.9. The molecule has 4 rings (SSSR count). The number of nitrogens with zero attached hydrogens (tertiary/aromatic N) is 3. The van der Waals surface area contributed by atoms with Gasteiger partial charge in [0.15, 0.2) is 0 Å². The molecular weight excluding hydrogens is 312 g/mol. The summed E-state index contributed by atoms with van der Waals surface area (Å²) in [5.41, 5.74) is 2.91. The highest BCUT2D eigenvalue weighted by molar-refractivity contribution is 5.97. The third-order valence-electron chi connectivity index (χ3n) is 5.11. The molecule has 0 spiro atoms. The molecular formula is C20H18N4O. The number of hydrogen-bond acceptors (Lipinski definition) is 3. The van der Waals surface area contributed by atoms with Gasteiger partial charge in [-0.2, -0.15) is 5.26 Å². The topological polar surface area (TPSA) is 72.8 Å². The van der Waals surface area contributed by atoms with Gasteiger partial charge in [-0.15, -0.1) is 0 Å². The minimum atomic E-state index is -0.495. The fraction of sp³-hybridized carbons (Fsp3) is 0.250. The highest BCUT2D eigenvalue weighted by Crippen LogP contribution is 2.35. The molecule has 5 nitrogen and oxygen atoms in total. The summed E-state index contributed by atoms with van der Waals surface area (Å²) in [5, 5.41) is 9.77. The summed E-state index contributed by atoms with van der Waals surface area (Å²) in [5.74, 6) is 0.0103. The third kappa shape index (κ3) is 2.66. The zero-order valence-corrected chi connectivity index (χ0v) is 13.8. The van der Waals surface area contributed by atoms with Gasteiger partial charge >= 0.3 is 0 Å². The first kappa shape index (κ1) is 15.4. The van der Waals surface area contributed by atoms with E-state index in [0.29, 0.717) is 31.5 Å². The monoisotopic (exact) mass is 330 g/mol. The Balaban J connectivity index is 1.53. The van der Waals surface area contributed by atoms with Crippen LogP contribution < -0.4 is 0 Å². The Kier molecular flexibility index (Phi) is 3.73. The first-order valence-electron chi connectivity index (χ1n) is 8.41. The van der Waals surface area contributed by atoms with E-state index in [-0.39, 0.29) is 5.91 Å². The Morgan fingerprint density at radius 3 is 2.64 bits per heavy atom. The number of fused-ring (bicyclic) bond motifs is 1. The van der Waals surface area contributed by atoms with Crippen LogP contribution in [0.25, 0.3) is 11.0 Å². The number of aromatic nitrogens is 2. The summed E-state index contributed by atoms with van der Waals surface area (Å²) in [6, 6.07) is 17.9. The number of H-pyrrole nitrogens is 1. The van der Waals surface area contributed by atoms with Crippen molar-refractivity contribution < 1.29 is 4.79 Å². The second-order valence-corrected chi connectivity index (χ2v) is 6.49. The lowest BCUT2D eigenvalue weighted by atomic mass is 9.74. The van der Waals surface area contributed by atoms with Crippen LogP contribution in [0, 0.1) is 11.3 Å². The van der Waals surface area contributed by atoms with E-state index < -0.39 is 5.41 Å². The Labute approximate surface area is 145 Å². The molecule has 1 aliphatic rings. The molecule has 0 radical (unpaired) electrons. The van der Waals surface area contributed by atoms with E-state index in [0.717, 1.165) is 16.6 Å². The second-order valence-electron chi connectivity index (χ2n) is 6.49. The molecule has 0 bridgehead atoms. The van der Waals surface area contributed by atoms with Crippen LogP contribution in [0.4, 0.5) is 0 Å². The Morgan fingerprint density at radius 2 is 1.92 bits per heavy atom. The van der Waals surface area contributed by atoms with Gasteiger partial charge in [0.2, 0.25) is 0 Å². The van der Waals surface area contributed by atoms with Gasteiger partial charge in [0.1, 0.15) is 0 Å². The molecule has 1 aliphatic heterocycles. The maximum absolute atomic E-state index is 12.8. The molecule has 2 heterocycles. The molecule has 0 atom stereocenters. The van der Waals surface area contributed by atoms with Gasteiger partial charge in [-0.05, 0) is 36.6 Å². The average Bonchev–Trinajstić information content (AvgIpc) is 3.16. The molecule has 0 unspecified atom stereocenters. The van der Waals surface area contributed by atoms with Crippen LogP contribution in [-0.4, -0.2) is 33.9 Å². The van der Waals surface area contributed by atoms with E-state index >= 15 is 0 Å². The smallest absolute Gasteiger partial charge is 0.253 e. The van der Waals surface area contributed by atoms with Crippen molar-refractivity contribution in [1.82, 2.24) is 14.9 Å². The number of likely N-dealkylation sites (tertiary alicyclic amines) is 1. The Bertz CT molecular complexity index is 946. The van der Waals surface area contributed by atoms with E-state index in [4.69, 9.17) is 0 Å². The highest BCUT2D eigenvalue weighted by Gasteiger charge is 2.37. The molecule has 0 saturated carbocycles. The lowest BCUT2D eigenvalue weighted by Gasteiger charge is -2.37. The lowest BCUT2D eigenvalue weighted by Crippen LogP contribution is -2.44. The van der Waals surface area contributed by atoms with Crippen LogP contribution >= 0.6 is 0 Å². The van der Waals surface area contributed by atoms with Crippen LogP contribution in [0.15, 0.2) is 54.9 Å². The van der Waals surface area contributed by atoms with E-state index in [1.807, 2.05) is 53.4 Å². The summed E-state index contributed by atoms with van der Waals surface area (Å²) in [6.45, 7) is 1.17. The van der Waals surface area contributed by atoms with Crippen molar-refractivity contribution in [3.8, 4) is 6.07 Å². The van der Waals surface area contributed by atoms with Crippen LogP contribution in [0.2, 0.25) is 0 Å². The van der Waals surface area contributed by atoms with E-state index in [2.05, 4.69) is 16.0 Å². The standard InChI is InChI=1S/C20H18N4O/c21-13-20(16-4-2-1-3-5-16)8-10-24(11-9-20)19(25)15-6-7-17-18(12-15)23-14-22-17/h1-7,12,14H,8-11H2,(H,22,23). The number of nitrogens with one attached hydrogen (secondary N) is 1. The minimum Gasteiger partial charge on any atom is -0.345 e. The molecule has 1 fully saturated rings. The number of carbonyl (C=O) groups is 1. The maximum Gasteiger partial charge on any atom is 0.253 e. The summed E-state index contributed by atoms with van der Waals surface area (Å²) in [6.07, 6.45) is 2.94. The number of aromatic amines is 1. The van der Waals surface area contributed by atoms with Gasteiger partial charge < -0.3 is 9.88 Å². The summed E-state index contributed by atoms with van der Waals surface area (Å²) < 4.78 is 0. The Morgan fingerprint density at radius 1 is 1.16 bits per heavy atom. The highest BCUT2D eigenvalue weighted by atomic mass is 16.2. The van der Waals surface area contributed by atoms with Gasteiger partial charge in [-0.3, -0.25) is 4.79 Å². The number of hydrogen-bond donors (Lipinski definition) is 1. The van der Waals surface area contributed by atoms with Crippen molar-refractivity contribution in [2.45, 2.75) is 18.3 Å². The molecule has 0 aliphatic carbocycles. The molecule has 2 aromatic carbocycles. The van der Waals surface area contributed by atoms with E-state index in [1.165, 1.54) is 0 Å². The van der Waals surface area contributed by atoms with Gasteiger partial charge in [-0.25, -0.2) is 4.98 Å². The summed E-state index contributed by atoms with van der Waals surface area (Å²) in [7, 11) is 0. The van der Waals surface area contributed by atoms with Crippen LogP contribution in [0.5, 0.6) is 0 Å². The number of amides is 1. The predicted molar refractivity (Wildman–Crippen MR) is 95.0 cm³/mol. The third-order valence-corrected chi connectivity index (χ3v) is 5.11. The van der Waals surface area contributed by atoms with Crippen molar-refractivity contribution in [3.05, 3.63) is 66.0 Å². The van der Waals surface area contributed by atoms with Crippen molar-refractivity contribution in [1.29, 1.82) is 5.26 Å². The predicted octanol–water partition coefficient (Wildman–Crippen LogP) is 3.26. The SMILES string of the molecule is N#CC1(c2ccccc2)CCN(C(=O)c2ccc3nc[nH]c3c2)CC1. The van der Waals surface area contributed by atoms with Crippen LogP contribution in [-0.2, 0) is 5.41 Å². The fourth-order valence-electron chi connectivity index (χ4n) is 3.56. The molecule has 5 heteroatoms. The molecule has 124 valence electrons. The average molecular weight is 330 g/mol. The molecule has 1 N–H and O–H groups in total. The number of imidazole rings is 1. The van der Waals surface area contributed by atoms with Crippen LogP contribution in [0.3, 0.4) is 0 Å². The van der Waals surface area contributed by atoms with Crippen molar-refractivity contribution in [2.75, 3.05) is 13.1 Å². The Hall–Kier alpha value is -3.13. The zero-order chi connectivity index (χ0) is 17.3. The fourth-order valence-corrected chi connectivity index (χ4v) is 3.56. The van der Waals surface area contributed by atoms with Gasteiger partial charge in [0, 0.05) is 18.7 Å². The number of benzene rings is 2. The number of rotatable bonds is 2. The minimum absolute atomic E-state index is 0.0103. The second kappa shape index (κ2) is 6.06. The molecule has 1 amide bonds. The van der Waals surface area contributed by atoms with E-state index in [9.17, 15) is 10.1 Å². The maximum atomic E-state index is 12.8. The zero-order valence-electron chi connectivity index (χ0n) is 13.8. The molecule has 1 saturated heterocycles. The van der Waals surface area contributed by atoms with Gasteiger partial charge in [0.25, 0.3) is 5.91 Å². The van der Waals surface area contributed by atoms with Crippen molar-refractivity contribution in [3.63, 3.8) is 0 Å². The largest absolute Gasteiger partial charge is 0.345 e. The molecule has 25 heavy (non-hydrogen) atoms. The van der Waals surface area contributed by atoms with E-state index in [1.54, 1.807) is 6.33 Å². The quantitative estimate of drug-likeness (QED) is 0.784. The molecule has 3 aromatic rings. The van der Waals surface area contributed by atoms with Crippen molar-refractivity contribution in [2.24, 2.45) is 0 Å². The van der Waals surface area contributed by atoms with Gasteiger partial charge in [-0.1, -0.05) is 30.3 Å². The normalized spacial score (nSPS) is 16.5. The van der Waals surface area contributed by atoms with Crippen LogP contribution in [0.1, 0.15) is 28.8 Å². The number of piperidine rings is 1. The number of carbonyl (C=O) groups excluding carboxylic acids is 1. The molecule has 1 aromatic heterocycles.